The Morgan fingerprint density at radius 1 is 1.46 bits per heavy atom. The highest BCUT2D eigenvalue weighted by Gasteiger charge is 2.28. The van der Waals surface area contributed by atoms with Gasteiger partial charge in [-0.25, -0.2) is 0 Å². The summed E-state index contributed by atoms with van der Waals surface area (Å²) >= 11 is 0. The van der Waals surface area contributed by atoms with E-state index >= 15 is 0 Å². The standard InChI is InChI=1S/C18H24N4O2/c1-3-10-24-15-7-5-9-22(12-15)18(23)16-13-21(2)20-17(16)14-6-4-8-19-11-14/h4,6,8,11,13,15H,3,5,7,9-10,12H2,1-2H3/t15-/m0/s1. The number of carbonyl (C=O) groups excluding carboxylic acids is 1. The van der Waals surface area contributed by atoms with Crippen LogP contribution in [0, 0.1) is 0 Å². The van der Waals surface area contributed by atoms with Gasteiger partial charge in [0.2, 0.25) is 0 Å². The number of aryl methyl sites for hydroxylation is 1. The van der Waals surface area contributed by atoms with Gasteiger partial charge >= 0.3 is 0 Å². The van der Waals surface area contributed by atoms with E-state index in [1.807, 2.05) is 24.1 Å². The molecule has 0 spiro atoms. The fourth-order valence-electron chi connectivity index (χ4n) is 3.07. The molecule has 3 heterocycles. The van der Waals surface area contributed by atoms with Crippen molar-refractivity contribution in [3.63, 3.8) is 0 Å². The molecule has 24 heavy (non-hydrogen) atoms. The minimum Gasteiger partial charge on any atom is -0.376 e. The third-order valence-corrected chi connectivity index (χ3v) is 4.22. The van der Waals surface area contributed by atoms with Gasteiger partial charge < -0.3 is 9.64 Å². The molecule has 1 amide bonds. The van der Waals surface area contributed by atoms with Gasteiger partial charge in [0, 0.05) is 50.9 Å². The Morgan fingerprint density at radius 3 is 3.08 bits per heavy atom. The van der Waals surface area contributed by atoms with Gasteiger partial charge in [-0.05, 0) is 31.4 Å². The minimum atomic E-state index is 0.0201. The molecule has 128 valence electrons. The summed E-state index contributed by atoms with van der Waals surface area (Å²) in [6, 6.07) is 3.78. The zero-order valence-electron chi connectivity index (χ0n) is 14.3. The van der Waals surface area contributed by atoms with E-state index in [1.165, 1.54) is 0 Å². The van der Waals surface area contributed by atoms with Gasteiger partial charge in [0.25, 0.3) is 5.91 Å². The number of hydrogen-bond acceptors (Lipinski definition) is 4. The third kappa shape index (κ3) is 3.64. The monoisotopic (exact) mass is 328 g/mol. The van der Waals surface area contributed by atoms with Crippen LogP contribution in [0.1, 0.15) is 36.5 Å². The van der Waals surface area contributed by atoms with Gasteiger partial charge in [-0.1, -0.05) is 6.92 Å². The van der Waals surface area contributed by atoms with Crippen molar-refractivity contribution >= 4 is 5.91 Å². The topological polar surface area (TPSA) is 60.2 Å². The highest BCUT2D eigenvalue weighted by atomic mass is 16.5. The molecule has 0 radical (unpaired) electrons. The van der Waals surface area contributed by atoms with Crippen molar-refractivity contribution < 1.29 is 9.53 Å². The van der Waals surface area contributed by atoms with Gasteiger partial charge in [0.15, 0.2) is 0 Å². The molecule has 1 saturated heterocycles. The average Bonchev–Trinajstić information content (AvgIpc) is 3.02. The number of carbonyl (C=O) groups is 1. The number of aromatic nitrogens is 3. The van der Waals surface area contributed by atoms with Crippen molar-refractivity contribution in [1.29, 1.82) is 0 Å². The number of nitrogens with zero attached hydrogens (tertiary/aromatic N) is 4. The van der Waals surface area contributed by atoms with Crippen LogP contribution in [0.15, 0.2) is 30.7 Å². The highest BCUT2D eigenvalue weighted by molar-refractivity contribution is 5.99. The summed E-state index contributed by atoms with van der Waals surface area (Å²) in [4.78, 5) is 19.0. The van der Waals surface area contributed by atoms with Crippen LogP contribution in [-0.2, 0) is 11.8 Å². The van der Waals surface area contributed by atoms with E-state index in [0.717, 1.165) is 38.0 Å². The summed E-state index contributed by atoms with van der Waals surface area (Å²) in [6.45, 7) is 4.27. The molecular weight excluding hydrogens is 304 g/mol. The molecule has 0 aromatic carbocycles. The third-order valence-electron chi connectivity index (χ3n) is 4.22. The summed E-state index contributed by atoms with van der Waals surface area (Å²) < 4.78 is 7.53. The van der Waals surface area contributed by atoms with Crippen molar-refractivity contribution in [3.8, 4) is 11.3 Å². The molecule has 3 rings (SSSR count). The Bertz CT molecular complexity index is 684. The number of ether oxygens (including phenoxy) is 1. The second kappa shape index (κ2) is 7.57. The number of rotatable bonds is 5. The van der Waals surface area contributed by atoms with Crippen molar-refractivity contribution in [2.24, 2.45) is 7.05 Å². The van der Waals surface area contributed by atoms with Crippen molar-refractivity contribution in [3.05, 3.63) is 36.3 Å². The van der Waals surface area contributed by atoms with E-state index in [-0.39, 0.29) is 12.0 Å². The van der Waals surface area contributed by atoms with E-state index in [1.54, 1.807) is 23.3 Å². The van der Waals surface area contributed by atoms with Crippen molar-refractivity contribution in [1.82, 2.24) is 19.7 Å². The lowest BCUT2D eigenvalue weighted by molar-refractivity contribution is 0.00213. The first kappa shape index (κ1) is 16.6. The summed E-state index contributed by atoms with van der Waals surface area (Å²) in [5.74, 6) is 0.0201. The largest absolute Gasteiger partial charge is 0.376 e. The SMILES string of the molecule is CCCO[C@H]1CCCN(C(=O)c2cn(C)nc2-c2cccnc2)C1. The molecule has 2 aromatic rings. The molecule has 6 heteroatoms. The molecule has 0 unspecified atom stereocenters. The second-order valence-corrected chi connectivity index (χ2v) is 6.19. The molecule has 0 aliphatic carbocycles. The number of amides is 1. The summed E-state index contributed by atoms with van der Waals surface area (Å²) in [5.41, 5.74) is 2.17. The number of likely N-dealkylation sites (tertiary alicyclic amines) is 1. The molecular formula is C18H24N4O2. The zero-order chi connectivity index (χ0) is 16.9. The van der Waals surface area contributed by atoms with Crippen molar-refractivity contribution in [2.75, 3.05) is 19.7 Å². The van der Waals surface area contributed by atoms with Gasteiger partial charge in [0.05, 0.1) is 11.7 Å². The quantitative estimate of drug-likeness (QED) is 0.846. The molecule has 1 atom stereocenters. The average molecular weight is 328 g/mol. The van der Waals surface area contributed by atoms with E-state index in [0.29, 0.717) is 17.8 Å². The predicted octanol–water partition coefficient (Wildman–Crippen LogP) is 2.51. The maximum absolute atomic E-state index is 13.0. The second-order valence-electron chi connectivity index (χ2n) is 6.19. The lowest BCUT2D eigenvalue weighted by Crippen LogP contribution is -2.43. The number of pyridine rings is 1. The summed E-state index contributed by atoms with van der Waals surface area (Å²) in [7, 11) is 1.83. The molecule has 0 bridgehead atoms. The fraction of sp³-hybridized carbons (Fsp3) is 0.500. The first-order chi connectivity index (χ1) is 11.7. The summed E-state index contributed by atoms with van der Waals surface area (Å²) in [6.07, 6.45) is 8.38. The lowest BCUT2D eigenvalue weighted by Gasteiger charge is -2.32. The highest BCUT2D eigenvalue weighted by Crippen LogP contribution is 2.24. The fourth-order valence-corrected chi connectivity index (χ4v) is 3.07. The Balaban J connectivity index is 1.80. The predicted molar refractivity (Wildman–Crippen MR) is 91.6 cm³/mol. The van der Waals surface area contributed by atoms with Crippen LogP contribution in [0.4, 0.5) is 0 Å². The molecule has 6 nitrogen and oxygen atoms in total. The number of piperidine rings is 1. The minimum absolute atomic E-state index is 0.0201. The van der Waals surface area contributed by atoms with E-state index in [4.69, 9.17) is 4.74 Å². The Hall–Kier alpha value is -2.21. The molecule has 0 N–H and O–H groups in total. The molecule has 1 aliphatic heterocycles. The van der Waals surface area contributed by atoms with Gasteiger partial charge in [-0.2, -0.15) is 5.10 Å². The summed E-state index contributed by atoms with van der Waals surface area (Å²) in [5, 5.41) is 4.46. The Kier molecular flexibility index (Phi) is 5.25. The van der Waals surface area contributed by atoms with Crippen LogP contribution < -0.4 is 0 Å². The molecule has 2 aromatic heterocycles. The first-order valence-electron chi connectivity index (χ1n) is 8.54. The van der Waals surface area contributed by atoms with Crippen LogP contribution in [0.25, 0.3) is 11.3 Å². The van der Waals surface area contributed by atoms with E-state index in [2.05, 4.69) is 17.0 Å². The Labute approximate surface area is 142 Å². The van der Waals surface area contributed by atoms with Crippen LogP contribution in [-0.4, -0.2) is 51.4 Å². The van der Waals surface area contributed by atoms with Gasteiger partial charge in [-0.15, -0.1) is 0 Å². The molecule has 1 aliphatic rings. The lowest BCUT2D eigenvalue weighted by atomic mass is 10.1. The first-order valence-corrected chi connectivity index (χ1v) is 8.54. The number of hydrogen-bond donors (Lipinski definition) is 0. The maximum Gasteiger partial charge on any atom is 0.257 e. The maximum atomic E-state index is 13.0. The normalized spacial score (nSPS) is 17.9. The zero-order valence-corrected chi connectivity index (χ0v) is 14.3. The van der Waals surface area contributed by atoms with E-state index in [9.17, 15) is 4.79 Å². The van der Waals surface area contributed by atoms with Crippen molar-refractivity contribution in [2.45, 2.75) is 32.3 Å². The molecule has 1 fully saturated rings. The van der Waals surface area contributed by atoms with Crippen LogP contribution >= 0.6 is 0 Å². The Morgan fingerprint density at radius 2 is 2.33 bits per heavy atom. The van der Waals surface area contributed by atoms with Crippen LogP contribution in [0.5, 0.6) is 0 Å². The molecule has 0 saturated carbocycles. The van der Waals surface area contributed by atoms with Gasteiger partial charge in [-0.3, -0.25) is 14.5 Å². The van der Waals surface area contributed by atoms with Gasteiger partial charge in [0.1, 0.15) is 5.69 Å². The smallest absolute Gasteiger partial charge is 0.257 e. The van der Waals surface area contributed by atoms with E-state index < -0.39 is 0 Å². The van der Waals surface area contributed by atoms with Crippen LogP contribution in [0.3, 0.4) is 0 Å². The van der Waals surface area contributed by atoms with Crippen LogP contribution in [0.2, 0.25) is 0 Å².